The van der Waals surface area contributed by atoms with Crippen LogP contribution in [-0.2, 0) is 17.5 Å². The van der Waals surface area contributed by atoms with E-state index in [1.54, 1.807) is 25.4 Å². The fourth-order valence-corrected chi connectivity index (χ4v) is 3.39. The lowest BCUT2D eigenvalue weighted by atomic mass is 10.1. The van der Waals surface area contributed by atoms with Gasteiger partial charge in [0.25, 0.3) is 6.01 Å². The summed E-state index contributed by atoms with van der Waals surface area (Å²) in [7, 11) is 1.67. The number of hydrogen-bond donors (Lipinski definition) is 2. The molecular formula is C23H21F3N6O2. The zero-order chi connectivity index (χ0) is 24.3. The van der Waals surface area contributed by atoms with Gasteiger partial charge in [-0.15, -0.1) is 0 Å². The summed E-state index contributed by atoms with van der Waals surface area (Å²) in [5, 5.41) is 6.75. The Morgan fingerprint density at radius 2 is 1.88 bits per heavy atom. The summed E-state index contributed by atoms with van der Waals surface area (Å²) in [4.78, 5) is 17.6. The Labute approximate surface area is 192 Å². The first-order chi connectivity index (χ1) is 16.3. The molecule has 11 heteroatoms. The number of halogens is 3. The van der Waals surface area contributed by atoms with Gasteiger partial charge >= 0.3 is 6.18 Å². The van der Waals surface area contributed by atoms with Gasteiger partial charge in [0.1, 0.15) is 5.69 Å². The van der Waals surface area contributed by atoms with E-state index >= 15 is 0 Å². The van der Waals surface area contributed by atoms with Crippen LogP contribution in [-0.4, -0.2) is 39.2 Å². The normalized spacial score (nSPS) is 11.4. The molecule has 3 N–H and O–H groups in total. The molecule has 2 aromatic heterocycles. The van der Waals surface area contributed by atoms with Gasteiger partial charge in [-0.05, 0) is 35.9 Å². The molecule has 34 heavy (non-hydrogen) atoms. The molecule has 0 saturated carbocycles. The SMILES string of the molecule is CN(Cc1ccccc1-c1cnc(Nc2ccc(-n3nccc3C(F)(F)F)cc2)o1)C(=O)CN. The van der Waals surface area contributed by atoms with Gasteiger partial charge in [0, 0.05) is 24.8 Å². The van der Waals surface area contributed by atoms with Crippen LogP contribution < -0.4 is 11.1 Å². The molecule has 0 unspecified atom stereocenters. The highest BCUT2D eigenvalue weighted by molar-refractivity contribution is 5.78. The van der Waals surface area contributed by atoms with E-state index in [9.17, 15) is 18.0 Å². The van der Waals surface area contributed by atoms with Crippen molar-refractivity contribution in [3.8, 4) is 17.0 Å². The van der Waals surface area contributed by atoms with Crippen molar-refractivity contribution in [2.75, 3.05) is 18.9 Å². The summed E-state index contributed by atoms with van der Waals surface area (Å²) in [5.74, 6) is 0.310. The second kappa shape index (κ2) is 9.40. The predicted octanol–water partition coefficient (Wildman–Crippen LogP) is 4.21. The van der Waals surface area contributed by atoms with E-state index in [2.05, 4.69) is 15.4 Å². The number of alkyl halides is 3. The molecule has 4 rings (SSSR count). The van der Waals surface area contributed by atoms with Crippen LogP contribution in [0.4, 0.5) is 24.9 Å². The van der Waals surface area contributed by atoms with Gasteiger partial charge in [0.2, 0.25) is 5.91 Å². The average molecular weight is 470 g/mol. The Morgan fingerprint density at radius 1 is 1.15 bits per heavy atom. The quantitative estimate of drug-likeness (QED) is 0.420. The molecule has 0 aliphatic heterocycles. The minimum Gasteiger partial charge on any atom is -0.423 e. The number of oxazole rings is 1. The largest absolute Gasteiger partial charge is 0.433 e. The third kappa shape index (κ3) is 4.94. The molecule has 1 amide bonds. The number of benzene rings is 2. The summed E-state index contributed by atoms with van der Waals surface area (Å²) in [6, 6.07) is 14.8. The van der Waals surface area contributed by atoms with Crippen molar-refractivity contribution in [2.24, 2.45) is 5.73 Å². The molecule has 0 aliphatic carbocycles. The fraction of sp³-hybridized carbons (Fsp3) is 0.174. The van der Waals surface area contributed by atoms with Crippen molar-refractivity contribution in [2.45, 2.75) is 12.7 Å². The first kappa shape index (κ1) is 23.1. The molecule has 8 nitrogen and oxygen atoms in total. The summed E-state index contributed by atoms with van der Waals surface area (Å²) in [5.41, 5.74) is 7.04. The number of nitrogens with one attached hydrogen (secondary N) is 1. The van der Waals surface area contributed by atoms with Gasteiger partial charge in [0.05, 0.1) is 24.6 Å². The Kier molecular flexibility index (Phi) is 6.37. The second-order valence-electron chi connectivity index (χ2n) is 7.44. The van der Waals surface area contributed by atoms with Crippen molar-refractivity contribution in [3.63, 3.8) is 0 Å². The molecule has 0 fully saturated rings. The van der Waals surface area contributed by atoms with Crippen LogP contribution >= 0.6 is 0 Å². The number of anilines is 2. The highest BCUT2D eigenvalue weighted by atomic mass is 19.4. The molecule has 0 saturated heterocycles. The summed E-state index contributed by atoms with van der Waals surface area (Å²) in [6.07, 6.45) is -1.85. The second-order valence-corrected chi connectivity index (χ2v) is 7.44. The molecule has 4 aromatic rings. The zero-order valence-corrected chi connectivity index (χ0v) is 18.1. The molecule has 0 radical (unpaired) electrons. The molecule has 2 aromatic carbocycles. The number of aromatic nitrogens is 3. The minimum absolute atomic E-state index is 0.0776. The third-order valence-corrected chi connectivity index (χ3v) is 5.09. The van der Waals surface area contributed by atoms with Crippen molar-refractivity contribution >= 4 is 17.6 Å². The van der Waals surface area contributed by atoms with Crippen molar-refractivity contribution in [1.29, 1.82) is 0 Å². The van der Waals surface area contributed by atoms with Crippen molar-refractivity contribution in [1.82, 2.24) is 19.7 Å². The van der Waals surface area contributed by atoms with Gasteiger partial charge in [-0.2, -0.15) is 18.3 Å². The highest BCUT2D eigenvalue weighted by Crippen LogP contribution is 2.31. The van der Waals surface area contributed by atoms with Crippen LogP contribution in [0.5, 0.6) is 0 Å². The summed E-state index contributed by atoms with van der Waals surface area (Å²) >= 11 is 0. The number of nitrogens with two attached hydrogens (primary N) is 1. The van der Waals surface area contributed by atoms with Gasteiger partial charge in [-0.25, -0.2) is 9.67 Å². The van der Waals surface area contributed by atoms with Crippen LogP contribution in [0.25, 0.3) is 17.0 Å². The monoisotopic (exact) mass is 470 g/mol. The van der Waals surface area contributed by atoms with E-state index in [0.717, 1.165) is 28.1 Å². The van der Waals surface area contributed by atoms with Crippen LogP contribution in [0.15, 0.2) is 71.4 Å². The number of carbonyl (C=O) groups is 1. The lowest BCUT2D eigenvalue weighted by Gasteiger charge is -2.17. The average Bonchev–Trinajstić information content (AvgIpc) is 3.49. The van der Waals surface area contributed by atoms with Crippen LogP contribution in [0.3, 0.4) is 0 Å². The molecule has 2 heterocycles. The van der Waals surface area contributed by atoms with Crippen LogP contribution in [0, 0.1) is 0 Å². The smallest absolute Gasteiger partial charge is 0.423 e. The zero-order valence-electron chi connectivity index (χ0n) is 18.1. The molecular weight excluding hydrogens is 449 g/mol. The van der Waals surface area contributed by atoms with E-state index in [1.165, 1.54) is 17.0 Å². The minimum atomic E-state index is -4.51. The highest BCUT2D eigenvalue weighted by Gasteiger charge is 2.35. The third-order valence-electron chi connectivity index (χ3n) is 5.09. The van der Waals surface area contributed by atoms with Gasteiger partial charge < -0.3 is 20.4 Å². The maximum Gasteiger partial charge on any atom is 0.433 e. The number of rotatable bonds is 7. The lowest BCUT2D eigenvalue weighted by Crippen LogP contribution is -2.32. The van der Waals surface area contributed by atoms with Gasteiger partial charge in [-0.3, -0.25) is 4.79 Å². The standard InChI is InChI=1S/C23H21F3N6O2/c1-31(21(33)12-27)14-15-4-2-3-5-18(15)19-13-28-22(34-19)30-16-6-8-17(9-7-16)32-20(10-11-29-32)23(24,25)26/h2-11,13H,12,14,27H2,1H3,(H,28,30). The fourth-order valence-electron chi connectivity index (χ4n) is 3.39. The van der Waals surface area contributed by atoms with Crippen LogP contribution in [0.1, 0.15) is 11.3 Å². The molecule has 176 valence electrons. The number of nitrogens with zero attached hydrogens (tertiary/aromatic N) is 4. The van der Waals surface area contributed by atoms with E-state index < -0.39 is 11.9 Å². The maximum absolute atomic E-state index is 13.1. The summed E-state index contributed by atoms with van der Waals surface area (Å²) < 4.78 is 46.0. The van der Waals surface area contributed by atoms with E-state index in [-0.39, 0.29) is 24.2 Å². The Hall–Kier alpha value is -4.12. The number of amides is 1. The molecule has 0 bridgehead atoms. The van der Waals surface area contributed by atoms with Crippen molar-refractivity contribution < 1.29 is 22.4 Å². The van der Waals surface area contributed by atoms with E-state index in [1.807, 2.05) is 24.3 Å². The predicted molar refractivity (Wildman–Crippen MR) is 119 cm³/mol. The molecule has 0 spiro atoms. The Morgan fingerprint density at radius 3 is 2.59 bits per heavy atom. The maximum atomic E-state index is 13.1. The van der Waals surface area contributed by atoms with Gasteiger partial charge in [-0.1, -0.05) is 24.3 Å². The van der Waals surface area contributed by atoms with Crippen molar-refractivity contribution in [3.05, 3.63) is 78.2 Å². The lowest BCUT2D eigenvalue weighted by molar-refractivity contribution is -0.142. The molecule has 0 atom stereocenters. The van der Waals surface area contributed by atoms with E-state index in [0.29, 0.717) is 18.0 Å². The van der Waals surface area contributed by atoms with E-state index in [4.69, 9.17) is 10.2 Å². The number of likely N-dealkylation sites (N-methyl/N-ethyl adjacent to an activating group) is 1. The Balaban J connectivity index is 1.50. The first-order valence-electron chi connectivity index (χ1n) is 10.2. The van der Waals surface area contributed by atoms with Gasteiger partial charge in [0.15, 0.2) is 5.76 Å². The number of hydrogen-bond acceptors (Lipinski definition) is 6. The number of carbonyl (C=O) groups excluding carboxylic acids is 1. The first-order valence-corrected chi connectivity index (χ1v) is 10.2. The van der Waals surface area contributed by atoms with Crippen LogP contribution in [0.2, 0.25) is 0 Å². The molecule has 0 aliphatic rings. The topological polar surface area (TPSA) is 102 Å². The Bertz CT molecular complexity index is 1280. The summed E-state index contributed by atoms with van der Waals surface area (Å²) in [6.45, 7) is 0.274.